The molecular formula is C18H19FO2. The fourth-order valence-electron chi connectivity index (χ4n) is 2.94. The van der Waals surface area contributed by atoms with Crippen molar-refractivity contribution in [3.63, 3.8) is 0 Å². The Morgan fingerprint density at radius 1 is 1.00 bits per heavy atom. The van der Waals surface area contributed by atoms with Crippen molar-refractivity contribution < 1.29 is 14.2 Å². The number of halogens is 1. The normalized spacial score (nSPS) is 20.8. The van der Waals surface area contributed by atoms with E-state index in [4.69, 9.17) is 4.74 Å². The van der Waals surface area contributed by atoms with Crippen LogP contribution in [0.4, 0.5) is 4.39 Å². The van der Waals surface area contributed by atoms with Crippen molar-refractivity contribution >= 4 is 0 Å². The highest BCUT2D eigenvalue weighted by Gasteiger charge is 2.29. The molecule has 110 valence electrons. The van der Waals surface area contributed by atoms with Crippen LogP contribution >= 0.6 is 0 Å². The number of aryl methyl sites for hydroxylation is 3. The third kappa shape index (κ3) is 2.54. The van der Waals surface area contributed by atoms with Crippen molar-refractivity contribution in [2.75, 3.05) is 0 Å². The molecule has 1 aliphatic rings. The summed E-state index contributed by atoms with van der Waals surface area (Å²) in [6.45, 7) is 6.18. The van der Waals surface area contributed by atoms with E-state index < -0.39 is 6.10 Å². The van der Waals surface area contributed by atoms with E-state index in [1.807, 2.05) is 6.92 Å². The first-order valence-electron chi connectivity index (χ1n) is 7.17. The highest BCUT2D eigenvalue weighted by molar-refractivity contribution is 5.42. The van der Waals surface area contributed by atoms with Gasteiger partial charge in [0.2, 0.25) is 0 Å². The average molecular weight is 286 g/mol. The zero-order valence-corrected chi connectivity index (χ0v) is 12.5. The minimum Gasteiger partial charge on any atom is -0.485 e. The number of ether oxygens (including phenoxy) is 1. The summed E-state index contributed by atoms with van der Waals surface area (Å²) in [6.07, 6.45) is -0.379. The van der Waals surface area contributed by atoms with Gasteiger partial charge < -0.3 is 9.84 Å². The van der Waals surface area contributed by atoms with Crippen molar-refractivity contribution in [2.45, 2.75) is 39.4 Å². The van der Waals surface area contributed by atoms with Gasteiger partial charge in [-0.15, -0.1) is 0 Å². The molecule has 1 N–H and O–H groups in total. The summed E-state index contributed by atoms with van der Waals surface area (Å²) in [5.74, 6) is 0.0924. The number of aliphatic hydroxyl groups is 1. The molecule has 0 fully saturated rings. The van der Waals surface area contributed by atoms with Crippen molar-refractivity contribution in [1.29, 1.82) is 0 Å². The second-order valence-electron chi connectivity index (χ2n) is 5.83. The van der Waals surface area contributed by atoms with Crippen LogP contribution in [0.2, 0.25) is 0 Å². The van der Waals surface area contributed by atoms with E-state index in [-0.39, 0.29) is 11.9 Å². The largest absolute Gasteiger partial charge is 0.485 e. The molecule has 0 radical (unpaired) electrons. The minimum atomic E-state index is -0.625. The third-order valence-electron chi connectivity index (χ3n) is 4.27. The number of fused-ring (bicyclic) bond motifs is 1. The molecule has 0 saturated carbocycles. The lowest BCUT2D eigenvalue weighted by molar-refractivity contribution is 0.0650. The minimum absolute atomic E-state index is 0.242. The van der Waals surface area contributed by atoms with Gasteiger partial charge in [-0.2, -0.15) is 0 Å². The summed E-state index contributed by atoms with van der Waals surface area (Å²) in [7, 11) is 0. The highest BCUT2D eigenvalue weighted by atomic mass is 19.1. The molecule has 2 atom stereocenters. The summed E-state index contributed by atoms with van der Waals surface area (Å²) < 4.78 is 19.3. The van der Waals surface area contributed by atoms with Crippen molar-refractivity contribution in [2.24, 2.45) is 0 Å². The fraction of sp³-hybridized carbons (Fsp3) is 0.333. The van der Waals surface area contributed by atoms with Crippen molar-refractivity contribution in [1.82, 2.24) is 0 Å². The van der Waals surface area contributed by atoms with Gasteiger partial charge in [-0.25, -0.2) is 4.39 Å². The Bertz CT molecular complexity index is 694. The van der Waals surface area contributed by atoms with Gasteiger partial charge in [0.15, 0.2) is 0 Å². The van der Waals surface area contributed by atoms with Crippen LogP contribution in [0.1, 0.15) is 46.4 Å². The molecule has 2 aromatic rings. The number of rotatable bonds is 1. The zero-order valence-electron chi connectivity index (χ0n) is 12.5. The third-order valence-corrected chi connectivity index (χ3v) is 4.27. The van der Waals surface area contributed by atoms with Crippen molar-refractivity contribution in [3.8, 4) is 5.75 Å². The van der Waals surface area contributed by atoms with E-state index in [0.29, 0.717) is 17.7 Å². The summed E-state index contributed by atoms with van der Waals surface area (Å²) in [5, 5.41) is 10.3. The van der Waals surface area contributed by atoms with Crippen LogP contribution in [0.3, 0.4) is 0 Å². The molecular weight excluding hydrogens is 267 g/mol. The summed E-state index contributed by atoms with van der Waals surface area (Å²) in [5.41, 5.74) is 5.29. The van der Waals surface area contributed by atoms with Gasteiger partial charge in [0.25, 0.3) is 0 Å². The molecule has 2 unspecified atom stereocenters. The Labute approximate surface area is 124 Å². The molecule has 3 rings (SSSR count). The van der Waals surface area contributed by atoms with Gasteiger partial charge in [0.05, 0.1) is 6.10 Å². The first-order chi connectivity index (χ1) is 9.95. The average Bonchev–Trinajstić information content (AvgIpc) is 2.42. The molecule has 3 heteroatoms. The van der Waals surface area contributed by atoms with Crippen LogP contribution in [-0.4, -0.2) is 5.11 Å². The maximum absolute atomic E-state index is 13.4. The van der Waals surface area contributed by atoms with Gasteiger partial charge in [-0.1, -0.05) is 12.1 Å². The summed E-state index contributed by atoms with van der Waals surface area (Å²) >= 11 is 0. The summed E-state index contributed by atoms with van der Waals surface area (Å²) in [6, 6.07) is 8.53. The Hall–Kier alpha value is -1.87. The molecule has 0 bridgehead atoms. The van der Waals surface area contributed by atoms with Crippen molar-refractivity contribution in [3.05, 3.63) is 64.0 Å². The number of hydrogen-bond acceptors (Lipinski definition) is 2. The van der Waals surface area contributed by atoms with Crippen LogP contribution in [-0.2, 0) is 0 Å². The molecule has 0 amide bonds. The van der Waals surface area contributed by atoms with Gasteiger partial charge in [-0.3, -0.25) is 0 Å². The number of aliphatic hydroxyl groups excluding tert-OH is 1. The second-order valence-corrected chi connectivity index (χ2v) is 5.83. The first-order valence-corrected chi connectivity index (χ1v) is 7.17. The summed E-state index contributed by atoms with van der Waals surface area (Å²) in [4.78, 5) is 0. The lowest BCUT2D eigenvalue weighted by atomic mass is 9.90. The van der Waals surface area contributed by atoms with Crippen LogP contribution < -0.4 is 4.74 Å². The highest BCUT2D eigenvalue weighted by Crippen LogP contribution is 2.42. The molecule has 0 saturated heterocycles. The van der Waals surface area contributed by atoms with E-state index in [2.05, 4.69) is 26.0 Å². The Morgan fingerprint density at radius 3 is 2.48 bits per heavy atom. The molecule has 1 heterocycles. The SMILES string of the molecule is Cc1cc(C)c(C2CC(O)c3ccc(F)cc3O2)cc1C. The van der Waals surface area contributed by atoms with Crippen LogP contribution in [0.5, 0.6) is 5.75 Å². The lowest BCUT2D eigenvalue weighted by Gasteiger charge is -2.31. The standard InChI is InChI=1S/C18H19FO2/c1-10-6-12(3)15(7-11(10)2)18-9-16(20)14-5-4-13(19)8-17(14)21-18/h4-8,16,18,20H,9H2,1-3H3. The fourth-order valence-corrected chi connectivity index (χ4v) is 2.94. The Morgan fingerprint density at radius 2 is 1.71 bits per heavy atom. The van der Waals surface area contributed by atoms with E-state index in [1.54, 1.807) is 6.07 Å². The van der Waals surface area contributed by atoms with Gasteiger partial charge >= 0.3 is 0 Å². The molecule has 2 aromatic carbocycles. The molecule has 0 aromatic heterocycles. The van der Waals surface area contributed by atoms with Crippen LogP contribution in [0.15, 0.2) is 30.3 Å². The maximum Gasteiger partial charge on any atom is 0.128 e. The molecule has 0 aliphatic carbocycles. The van der Waals surface area contributed by atoms with Crippen LogP contribution in [0, 0.1) is 26.6 Å². The second kappa shape index (κ2) is 5.15. The predicted octanol–water partition coefficient (Wildman–Crippen LogP) is 4.31. The van der Waals surface area contributed by atoms with E-state index in [9.17, 15) is 9.50 Å². The van der Waals surface area contributed by atoms with Crippen LogP contribution in [0.25, 0.3) is 0 Å². The molecule has 21 heavy (non-hydrogen) atoms. The molecule has 2 nitrogen and oxygen atoms in total. The van der Waals surface area contributed by atoms with Gasteiger partial charge in [0.1, 0.15) is 17.7 Å². The smallest absolute Gasteiger partial charge is 0.128 e. The first kappa shape index (κ1) is 14.1. The van der Waals surface area contributed by atoms with Gasteiger partial charge in [-0.05, 0) is 55.2 Å². The maximum atomic E-state index is 13.4. The van der Waals surface area contributed by atoms with E-state index >= 15 is 0 Å². The van der Waals surface area contributed by atoms with Gasteiger partial charge in [0, 0.05) is 18.1 Å². The van der Waals surface area contributed by atoms with E-state index in [1.165, 1.54) is 23.3 Å². The number of benzene rings is 2. The molecule has 1 aliphatic heterocycles. The Kier molecular flexibility index (Phi) is 3.46. The predicted molar refractivity (Wildman–Crippen MR) is 80.0 cm³/mol. The topological polar surface area (TPSA) is 29.5 Å². The Balaban J connectivity index is 2.01. The molecule has 0 spiro atoms. The number of hydrogen-bond donors (Lipinski definition) is 1. The quantitative estimate of drug-likeness (QED) is 0.846. The zero-order chi connectivity index (χ0) is 15.1. The monoisotopic (exact) mass is 286 g/mol. The lowest BCUT2D eigenvalue weighted by Crippen LogP contribution is -2.20. The van der Waals surface area contributed by atoms with E-state index in [0.717, 1.165) is 11.1 Å².